The third-order valence-electron chi connectivity index (χ3n) is 3.82. The van der Waals surface area contributed by atoms with Gasteiger partial charge in [0, 0.05) is 19.2 Å². The fourth-order valence-electron chi connectivity index (χ4n) is 2.75. The zero-order valence-corrected chi connectivity index (χ0v) is 16.5. The van der Waals surface area contributed by atoms with E-state index in [1.807, 2.05) is 39.0 Å². The number of likely N-dealkylation sites (tertiary alicyclic amines) is 1. The molecule has 1 amide bonds. The second-order valence-corrected chi connectivity index (χ2v) is 8.16. The summed E-state index contributed by atoms with van der Waals surface area (Å²) in [6.45, 7) is 6.58. The standard InChI is InChI=1S/C18H23N5O3S/c1-18(2,3)26-16(25)12-27-17-21-20-14(11-22-10-6-8-15(22)24)23(17)13-7-4-5-9-19-13/h4-5,7,9H,6,8,10-12H2,1-3H3. The van der Waals surface area contributed by atoms with Crippen LogP contribution in [0.3, 0.4) is 0 Å². The van der Waals surface area contributed by atoms with Crippen molar-refractivity contribution in [2.24, 2.45) is 0 Å². The van der Waals surface area contributed by atoms with Gasteiger partial charge in [-0.3, -0.25) is 14.2 Å². The molecule has 3 rings (SSSR count). The Balaban J connectivity index is 1.81. The van der Waals surface area contributed by atoms with Crippen molar-refractivity contribution >= 4 is 23.6 Å². The quantitative estimate of drug-likeness (QED) is 0.553. The average molecular weight is 389 g/mol. The number of hydrogen-bond donors (Lipinski definition) is 0. The van der Waals surface area contributed by atoms with Crippen molar-refractivity contribution in [3.63, 3.8) is 0 Å². The van der Waals surface area contributed by atoms with Crippen LogP contribution in [0.1, 0.15) is 39.4 Å². The average Bonchev–Trinajstić information content (AvgIpc) is 3.19. The molecular formula is C18H23N5O3S. The highest BCUT2D eigenvalue weighted by molar-refractivity contribution is 7.99. The summed E-state index contributed by atoms with van der Waals surface area (Å²) in [6, 6.07) is 5.54. The van der Waals surface area contributed by atoms with E-state index in [1.165, 1.54) is 11.8 Å². The van der Waals surface area contributed by atoms with Crippen molar-refractivity contribution < 1.29 is 14.3 Å². The predicted molar refractivity (Wildman–Crippen MR) is 100 cm³/mol. The lowest BCUT2D eigenvalue weighted by atomic mass is 10.2. The van der Waals surface area contributed by atoms with Gasteiger partial charge in [0.2, 0.25) is 5.91 Å². The number of rotatable bonds is 6. The highest BCUT2D eigenvalue weighted by Crippen LogP contribution is 2.23. The molecule has 1 saturated heterocycles. The molecule has 1 aliphatic rings. The Morgan fingerprint density at radius 3 is 2.74 bits per heavy atom. The van der Waals surface area contributed by atoms with Crippen molar-refractivity contribution in [2.45, 2.75) is 50.9 Å². The Hall–Kier alpha value is -2.42. The van der Waals surface area contributed by atoms with Gasteiger partial charge in [0.1, 0.15) is 11.4 Å². The number of carbonyl (C=O) groups is 2. The van der Waals surface area contributed by atoms with Crippen LogP contribution >= 0.6 is 11.8 Å². The minimum Gasteiger partial charge on any atom is -0.459 e. The molecule has 3 heterocycles. The van der Waals surface area contributed by atoms with Crippen molar-refractivity contribution in [1.29, 1.82) is 0 Å². The Morgan fingerprint density at radius 1 is 1.30 bits per heavy atom. The summed E-state index contributed by atoms with van der Waals surface area (Å²) in [4.78, 5) is 30.1. The summed E-state index contributed by atoms with van der Waals surface area (Å²) in [6.07, 6.45) is 3.11. The van der Waals surface area contributed by atoms with E-state index in [-0.39, 0.29) is 17.6 Å². The number of pyridine rings is 1. The molecule has 9 heteroatoms. The van der Waals surface area contributed by atoms with Gasteiger partial charge in [0.05, 0.1) is 12.3 Å². The number of amides is 1. The van der Waals surface area contributed by atoms with Crippen molar-refractivity contribution in [3.8, 4) is 5.82 Å². The van der Waals surface area contributed by atoms with Crippen LogP contribution in [0.5, 0.6) is 0 Å². The minimum atomic E-state index is -0.534. The van der Waals surface area contributed by atoms with Gasteiger partial charge in [-0.1, -0.05) is 17.8 Å². The normalized spacial score (nSPS) is 14.6. The molecule has 1 fully saturated rings. The summed E-state index contributed by atoms with van der Waals surface area (Å²) in [5.41, 5.74) is -0.534. The van der Waals surface area contributed by atoms with Gasteiger partial charge in [-0.15, -0.1) is 10.2 Å². The first-order valence-corrected chi connectivity index (χ1v) is 9.80. The van der Waals surface area contributed by atoms with Gasteiger partial charge in [-0.2, -0.15) is 0 Å². The number of carbonyl (C=O) groups excluding carboxylic acids is 2. The summed E-state index contributed by atoms with van der Waals surface area (Å²) in [5.74, 6) is 1.18. The van der Waals surface area contributed by atoms with Gasteiger partial charge < -0.3 is 9.64 Å². The van der Waals surface area contributed by atoms with Crippen LogP contribution in [0.25, 0.3) is 5.82 Å². The van der Waals surface area contributed by atoms with E-state index in [0.717, 1.165) is 6.42 Å². The first-order valence-electron chi connectivity index (χ1n) is 8.81. The molecule has 0 unspecified atom stereocenters. The smallest absolute Gasteiger partial charge is 0.316 e. The van der Waals surface area contributed by atoms with E-state index in [1.54, 1.807) is 15.7 Å². The van der Waals surface area contributed by atoms with E-state index in [4.69, 9.17) is 4.74 Å². The Bertz CT molecular complexity index is 816. The topological polar surface area (TPSA) is 90.2 Å². The van der Waals surface area contributed by atoms with Crippen molar-refractivity contribution in [2.75, 3.05) is 12.3 Å². The van der Waals surface area contributed by atoms with Crippen LogP contribution in [0.4, 0.5) is 0 Å². The number of esters is 1. The Morgan fingerprint density at radius 2 is 2.11 bits per heavy atom. The molecule has 144 valence electrons. The summed E-state index contributed by atoms with van der Waals surface area (Å²) in [5, 5.41) is 9.01. The van der Waals surface area contributed by atoms with E-state index in [2.05, 4.69) is 15.2 Å². The molecule has 27 heavy (non-hydrogen) atoms. The van der Waals surface area contributed by atoms with Crippen molar-refractivity contribution in [3.05, 3.63) is 30.2 Å². The molecule has 0 N–H and O–H groups in total. The zero-order chi connectivity index (χ0) is 19.4. The number of thioether (sulfide) groups is 1. The van der Waals surface area contributed by atoms with E-state index in [0.29, 0.717) is 36.3 Å². The van der Waals surface area contributed by atoms with Crippen LogP contribution in [0.2, 0.25) is 0 Å². The maximum atomic E-state index is 12.0. The van der Waals surface area contributed by atoms with Crippen LogP contribution in [0, 0.1) is 0 Å². The molecular weight excluding hydrogens is 366 g/mol. The molecule has 0 radical (unpaired) electrons. The van der Waals surface area contributed by atoms with Crippen LogP contribution < -0.4 is 0 Å². The second-order valence-electron chi connectivity index (χ2n) is 7.22. The molecule has 0 bridgehead atoms. The van der Waals surface area contributed by atoms with Gasteiger partial charge in [0.25, 0.3) is 0 Å². The van der Waals surface area contributed by atoms with Gasteiger partial charge in [-0.25, -0.2) is 4.98 Å². The second kappa shape index (κ2) is 8.08. The predicted octanol–water partition coefficient (Wildman–Crippen LogP) is 2.22. The minimum absolute atomic E-state index is 0.116. The van der Waals surface area contributed by atoms with Crippen LogP contribution in [0.15, 0.2) is 29.6 Å². The molecule has 8 nitrogen and oxygen atoms in total. The summed E-state index contributed by atoms with van der Waals surface area (Å²) < 4.78 is 7.14. The van der Waals surface area contributed by atoms with E-state index < -0.39 is 5.60 Å². The van der Waals surface area contributed by atoms with Crippen LogP contribution in [-0.4, -0.2) is 54.4 Å². The lowest BCUT2D eigenvalue weighted by Crippen LogP contribution is -2.26. The number of nitrogens with zero attached hydrogens (tertiary/aromatic N) is 5. The van der Waals surface area contributed by atoms with Crippen LogP contribution in [-0.2, 0) is 20.9 Å². The molecule has 0 spiro atoms. The van der Waals surface area contributed by atoms with Gasteiger partial charge in [-0.05, 0) is 39.3 Å². The molecule has 0 saturated carbocycles. The molecule has 0 atom stereocenters. The number of ether oxygens (including phenoxy) is 1. The first kappa shape index (κ1) is 19.3. The molecule has 1 aliphatic heterocycles. The first-order chi connectivity index (χ1) is 12.8. The van der Waals surface area contributed by atoms with E-state index in [9.17, 15) is 9.59 Å². The monoisotopic (exact) mass is 389 g/mol. The largest absolute Gasteiger partial charge is 0.459 e. The third-order valence-corrected chi connectivity index (χ3v) is 4.72. The number of aromatic nitrogens is 4. The highest BCUT2D eigenvalue weighted by atomic mass is 32.2. The Labute approximate surface area is 162 Å². The SMILES string of the molecule is CC(C)(C)OC(=O)CSc1nnc(CN2CCCC2=O)n1-c1ccccn1. The molecule has 2 aromatic heterocycles. The Kier molecular flexibility index (Phi) is 5.79. The van der Waals surface area contributed by atoms with E-state index >= 15 is 0 Å². The zero-order valence-electron chi connectivity index (χ0n) is 15.7. The lowest BCUT2D eigenvalue weighted by molar-refractivity contribution is -0.151. The fourth-order valence-corrected chi connectivity index (χ4v) is 3.48. The maximum Gasteiger partial charge on any atom is 0.316 e. The third kappa shape index (κ3) is 5.06. The highest BCUT2D eigenvalue weighted by Gasteiger charge is 2.25. The van der Waals surface area contributed by atoms with Gasteiger partial charge in [0.15, 0.2) is 11.0 Å². The number of hydrogen-bond acceptors (Lipinski definition) is 7. The molecule has 2 aromatic rings. The summed E-state index contributed by atoms with van der Waals surface area (Å²) in [7, 11) is 0. The lowest BCUT2D eigenvalue weighted by Gasteiger charge is -2.19. The van der Waals surface area contributed by atoms with Gasteiger partial charge >= 0.3 is 5.97 Å². The van der Waals surface area contributed by atoms with Crippen molar-refractivity contribution in [1.82, 2.24) is 24.6 Å². The summed E-state index contributed by atoms with van der Waals surface area (Å²) >= 11 is 1.24. The fraction of sp³-hybridized carbons (Fsp3) is 0.500. The molecule has 0 aliphatic carbocycles. The molecule has 0 aromatic carbocycles. The maximum absolute atomic E-state index is 12.0.